The van der Waals surface area contributed by atoms with Crippen molar-refractivity contribution in [3.8, 4) is 0 Å². The molecule has 2 aromatic rings. The Hall–Kier alpha value is -1.65. The number of nitrogens with one attached hydrogen (secondary N) is 1. The van der Waals surface area contributed by atoms with Gasteiger partial charge in [-0.25, -0.2) is 0 Å². The van der Waals surface area contributed by atoms with Crippen LogP contribution < -0.4 is 5.32 Å². The Balaban J connectivity index is 2.04. The zero-order chi connectivity index (χ0) is 14.4. The Kier molecular flexibility index (Phi) is 5.32. The van der Waals surface area contributed by atoms with Crippen LogP contribution in [0, 0.1) is 0 Å². The number of anilines is 1. The molecule has 1 aromatic heterocycles. The molecule has 2 rings (SSSR count). The fraction of sp³-hybridized carbons (Fsp3) is 0.312. The maximum absolute atomic E-state index is 12.0. The third-order valence-electron chi connectivity index (χ3n) is 3.23. The number of benzene rings is 1. The van der Waals surface area contributed by atoms with Gasteiger partial charge >= 0.3 is 0 Å². The quantitative estimate of drug-likeness (QED) is 0.876. The largest absolute Gasteiger partial charge is 0.321 e. The predicted octanol–water partition coefficient (Wildman–Crippen LogP) is 3.84. The lowest BCUT2D eigenvalue weighted by molar-refractivity contribution is 0.103. The molecule has 0 saturated carbocycles. The summed E-state index contributed by atoms with van der Waals surface area (Å²) >= 11 is 1.45. The van der Waals surface area contributed by atoms with Gasteiger partial charge in [0.25, 0.3) is 5.91 Å². The lowest BCUT2D eigenvalue weighted by Gasteiger charge is -2.18. The van der Waals surface area contributed by atoms with E-state index in [1.807, 2.05) is 35.7 Å². The number of thiophene rings is 1. The minimum Gasteiger partial charge on any atom is -0.321 e. The molecule has 20 heavy (non-hydrogen) atoms. The molecule has 1 aromatic carbocycles. The number of carbonyl (C=O) groups excluding carboxylic acids is 1. The van der Waals surface area contributed by atoms with Crippen molar-refractivity contribution in [3.05, 3.63) is 52.2 Å². The van der Waals surface area contributed by atoms with Gasteiger partial charge in [-0.2, -0.15) is 0 Å². The van der Waals surface area contributed by atoms with Crippen molar-refractivity contribution in [2.45, 2.75) is 20.4 Å². The normalized spacial score (nSPS) is 10.8. The molecule has 4 heteroatoms. The summed E-state index contributed by atoms with van der Waals surface area (Å²) in [6.07, 6.45) is 0. The molecule has 0 aliphatic rings. The van der Waals surface area contributed by atoms with Crippen molar-refractivity contribution in [1.82, 2.24) is 4.90 Å². The van der Waals surface area contributed by atoms with E-state index in [9.17, 15) is 4.79 Å². The van der Waals surface area contributed by atoms with Crippen molar-refractivity contribution in [2.24, 2.45) is 0 Å². The summed E-state index contributed by atoms with van der Waals surface area (Å²) < 4.78 is 0. The van der Waals surface area contributed by atoms with Crippen LogP contribution in [0.2, 0.25) is 0 Å². The summed E-state index contributed by atoms with van der Waals surface area (Å²) in [6.45, 7) is 7.29. The molecule has 1 amide bonds. The second-order valence-corrected chi connectivity index (χ2v) is 5.54. The van der Waals surface area contributed by atoms with Crippen LogP contribution in [0.4, 0.5) is 5.69 Å². The molecule has 0 unspecified atom stereocenters. The topological polar surface area (TPSA) is 32.3 Å². The van der Waals surface area contributed by atoms with E-state index in [4.69, 9.17) is 0 Å². The number of hydrogen-bond donors (Lipinski definition) is 1. The summed E-state index contributed by atoms with van der Waals surface area (Å²) in [6, 6.07) is 11.8. The fourth-order valence-electron chi connectivity index (χ4n) is 2.05. The van der Waals surface area contributed by atoms with Crippen LogP contribution in [0.5, 0.6) is 0 Å². The lowest BCUT2D eigenvalue weighted by Crippen LogP contribution is -2.22. The molecule has 0 bridgehead atoms. The summed E-state index contributed by atoms with van der Waals surface area (Å²) in [7, 11) is 0. The van der Waals surface area contributed by atoms with Gasteiger partial charge in [0.15, 0.2) is 0 Å². The van der Waals surface area contributed by atoms with Gasteiger partial charge in [0.1, 0.15) is 0 Å². The maximum Gasteiger partial charge on any atom is 0.265 e. The number of hydrogen-bond acceptors (Lipinski definition) is 3. The van der Waals surface area contributed by atoms with Crippen molar-refractivity contribution >= 4 is 22.9 Å². The summed E-state index contributed by atoms with van der Waals surface area (Å²) in [5.74, 6) is -0.0417. The average molecular weight is 288 g/mol. The van der Waals surface area contributed by atoms with E-state index in [1.165, 1.54) is 16.9 Å². The minimum atomic E-state index is -0.0417. The van der Waals surface area contributed by atoms with Crippen molar-refractivity contribution in [2.75, 3.05) is 18.4 Å². The first kappa shape index (κ1) is 14.8. The monoisotopic (exact) mass is 288 g/mol. The van der Waals surface area contributed by atoms with E-state index in [2.05, 4.69) is 30.1 Å². The maximum atomic E-state index is 12.0. The summed E-state index contributed by atoms with van der Waals surface area (Å²) in [5.41, 5.74) is 2.07. The molecular weight excluding hydrogens is 268 g/mol. The molecule has 0 atom stereocenters. The Labute approximate surface area is 124 Å². The van der Waals surface area contributed by atoms with Crippen LogP contribution in [0.1, 0.15) is 29.1 Å². The highest BCUT2D eigenvalue weighted by Crippen LogP contribution is 2.16. The smallest absolute Gasteiger partial charge is 0.265 e. The number of amides is 1. The molecule has 0 radical (unpaired) electrons. The van der Waals surface area contributed by atoms with Gasteiger partial charge in [-0.3, -0.25) is 9.69 Å². The van der Waals surface area contributed by atoms with E-state index in [0.717, 1.165) is 30.2 Å². The van der Waals surface area contributed by atoms with Gasteiger partial charge in [0.05, 0.1) is 4.88 Å². The molecule has 0 fully saturated rings. The van der Waals surface area contributed by atoms with E-state index < -0.39 is 0 Å². The molecule has 0 spiro atoms. The predicted molar refractivity (Wildman–Crippen MR) is 85.3 cm³/mol. The van der Waals surface area contributed by atoms with Gasteiger partial charge in [-0.05, 0) is 42.2 Å². The number of nitrogens with zero attached hydrogens (tertiary/aromatic N) is 1. The molecular formula is C16H20N2OS. The zero-order valence-corrected chi connectivity index (χ0v) is 12.7. The van der Waals surface area contributed by atoms with Crippen LogP contribution in [0.25, 0.3) is 0 Å². The second kappa shape index (κ2) is 7.22. The first-order valence-corrected chi connectivity index (χ1v) is 7.77. The second-order valence-electron chi connectivity index (χ2n) is 4.59. The van der Waals surface area contributed by atoms with E-state index in [-0.39, 0.29) is 5.91 Å². The summed E-state index contributed by atoms with van der Waals surface area (Å²) in [5, 5.41) is 4.86. The Morgan fingerprint density at radius 1 is 1.20 bits per heavy atom. The first-order chi connectivity index (χ1) is 9.72. The van der Waals surface area contributed by atoms with Crippen LogP contribution in [-0.4, -0.2) is 23.9 Å². The molecule has 106 valence electrons. The third-order valence-corrected chi connectivity index (χ3v) is 4.10. The van der Waals surface area contributed by atoms with Crippen molar-refractivity contribution in [1.29, 1.82) is 0 Å². The first-order valence-electron chi connectivity index (χ1n) is 6.89. The Morgan fingerprint density at radius 3 is 2.65 bits per heavy atom. The molecule has 3 nitrogen and oxygen atoms in total. The molecule has 0 aliphatic carbocycles. The highest BCUT2D eigenvalue weighted by molar-refractivity contribution is 7.12. The van der Waals surface area contributed by atoms with Crippen LogP contribution in [0.3, 0.4) is 0 Å². The molecule has 1 N–H and O–H groups in total. The standard InChI is InChI=1S/C16H20N2OS/c1-3-18(4-2)12-13-7-5-8-14(11-13)17-16(19)15-9-6-10-20-15/h5-11H,3-4,12H2,1-2H3,(H,17,19). The lowest BCUT2D eigenvalue weighted by atomic mass is 10.2. The zero-order valence-electron chi connectivity index (χ0n) is 11.9. The van der Waals surface area contributed by atoms with Crippen molar-refractivity contribution in [3.63, 3.8) is 0 Å². The van der Waals surface area contributed by atoms with Gasteiger partial charge in [0, 0.05) is 12.2 Å². The van der Waals surface area contributed by atoms with E-state index in [1.54, 1.807) is 0 Å². The molecule has 0 aliphatic heterocycles. The third kappa shape index (κ3) is 3.92. The number of carbonyl (C=O) groups is 1. The van der Waals surface area contributed by atoms with E-state index >= 15 is 0 Å². The van der Waals surface area contributed by atoms with Gasteiger partial charge in [-0.15, -0.1) is 11.3 Å². The van der Waals surface area contributed by atoms with Crippen molar-refractivity contribution < 1.29 is 4.79 Å². The van der Waals surface area contributed by atoms with Crippen LogP contribution >= 0.6 is 11.3 Å². The summed E-state index contributed by atoms with van der Waals surface area (Å²) in [4.78, 5) is 15.1. The molecule has 0 saturated heterocycles. The average Bonchev–Trinajstić information content (AvgIpc) is 2.99. The highest BCUT2D eigenvalue weighted by Gasteiger charge is 2.07. The minimum absolute atomic E-state index is 0.0417. The van der Waals surface area contributed by atoms with Crippen LogP contribution in [-0.2, 0) is 6.54 Å². The SMILES string of the molecule is CCN(CC)Cc1cccc(NC(=O)c2cccs2)c1. The van der Waals surface area contributed by atoms with Crippen LogP contribution in [0.15, 0.2) is 41.8 Å². The highest BCUT2D eigenvalue weighted by atomic mass is 32.1. The fourth-order valence-corrected chi connectivity index (χ4v) is 2.67. The van der Waals surface area contributed by atoms with E-state index in [0.29, 0.717) is 0 Å². The van der Waals surface area contributed by atoms with Gasteiger partial charge in [0.2, 0.25) is 0 Å². The van der Waals surface area contributed by atoms with Gasteiger partial charge < -0.3 is 5.32 Å². The Bertz CT molecular complexity index is 547. The Morgan fingerprint density at radius 2 is 2.00 bits per heavy atom. The molecule has 1 heterocycles. The van der Waals surface area contributed by atoms with Gasteiger partial charge in [-0.1, -0.05) is 32.0 Å². The number of rotatable bonds is 6.